The molecule has 0 N–H and O–H groups in total. The second-order valence-electron chi connectivity index (χ2n) is 7.58. The molecule has 192 valence electrons. The van der Waals surface area contributed by atoms with E-state index in [0.717, 1.165) is 12.2 Å². The third-order valence-corrected chi connectivity index (χ3v) is 4.64. The SMILES string of the molecule is CN(CCCOC(=O)/C=C/C(=O)OCCCN(C)C(=O)Oc1ccccc1)C(=O)Oc1ccccc1. The number of para-hydroxylation sites is 2. The quantitative estimate of drug-likeness (QED) is 0.248. The fourth-order valence-electron chi connectivity index (χ4n) is 2.70. The second-order valence-corrected chi connectivity index (χ2v) is 7.58. The van der Waals surface area contributed by atoms with E-state index in [0.29, 0.717) is 37.4 Å². The zero-order chi connectivity index (χ0) is 26.2. The highest BCUT2D eigenvalue weighted by Gasteiger charge is 2.12. The number of hydrogen-bond acceptors (Lipinski definition) is 8. The van der Waals surface area contributed by atoms with Gasteiger partial charge in [-0.05, 0) is 37.1 Å². The number of nitrogens with zero attached hydrogens (tertiary/aromatic N) is 2. The van der Waals surface area contributed by atoms with Gasteiger partial charge in [-0.3, -0.25) is 0 Å². The predicted molar refractivity (Wildman–Crippen MR) is 130 cm³/mol. The van der Waals surface area contributed by atoms with Crippen LogP contribution in [0.5, 0.6) is 11.5 Å². The van der Waals surface area contributed by atoms with Crippen LogP contribution in [0.4, 0.5) is 9.59 Å². The van der Waals surface area contributed by atoms with Crippen LogP contribution in [0.15, 0.2) is 72.8 Å². The second kappa shape index (κ2) is 15.5. The molecule has 0 atom stereocenters. The molecule has 0 heterocycles. The molecule has 0 bridgehead atoms. The largest absolute Gasteiger partial charge is 0.462 e. The molecule has 0 radical (unpaired) electrons. The lowest BCUT2D eigenvalue weighted by Crippen LogP contribution is -2.31. The highest BCUT2D eigenvalue weighted by atomic mass is 16.6. The number of carbonyl (C=O) groups excluding carboxylic acids is 4. The summed E-state index contributed by atoms with van der Waals surface area (Å²) in [7, 11) is 3.15. The molecule has 0 saturated heterocycles. The zero-order valence-electron chi connectivity index (χ0n) is 20.3. The van der Waals surface area contributed by atoms with E-state index < -0.39 is 24.1 Å². The minimum Gasteiger partial charge on any atom is -0.462 e. The van der Waals surface area contributed by atoms with Crippen molar-refractivity contribution in [1.29, 1.82) is 0 Å². The summed E-state index contributed by atoms with van der Waals surface area (Å²) in [6.07, 6.45) is 1.69. The Morgan fingerprint density at radius 2 is 1.00 bits per heavy atom. The Morgan fingerprint density at radius 1 is 0.639 bits per heavy atom. The molecule has 2 rings (SSSR count). The number of hydrogen-bond donors (Lipinski definition) is 0. The lowest BCUT2D eigenvalue weighted by Gasteiger charge is -2.16. The van der Waals surface area contributed by atoms with Crippen LogP contribution in [-0.4, -0.2) is 74.3 Å². The average molecular weight is 499 g/mol. The maximum Gasteiger partial charge on any atom is 0.414 e. The van der Waals surface area contributed by atoms with Crippen molar-refractivity contribution in [2.24, 2.45) is 0 Å². The van der Waals surface area contributed by atoms with Gasteiger partial charge in [0.25, 0.3) is 0 Å². The van der Waals surface area contributed by atoms with Crippen molar-refractivity contribution < 1.29 is 38.1 Å². The molecular formula is C26H30N2O8. The molecule has 2 aromatic carbocycles. The number of benzene rings is 2. The molecule has 10 nitrogen and oxygen atoms in total. The van der Waals surface area contributed by atoms with Gasteiger partial charge in [-0.1, -0.05) is 36.4 Å². The maximum absolute atomic E-state index is 12.0. The highest BCUT2D eigenvalue weighted by Crippen LogP contribution is 2.10. The van der Waals surface area contributed by atoms with Crippen LogP contribution >= 0.6 is 0 Å². The summed E-state index contributed by atoms with van der Waals surface area (Å²) in [5.41, 5.74) is 0. The normalized spacial score (nSPS) is 10.4. The Hall–Kier alpha value is -4.34. The monoisotopic (exact) mass is 498 g/mol. The highest BCUT2D eigenvalue weighted by molar-refractivity contribution is 5.91. The molecule has 0 spiro atoms. The van der Waals surface area contributed by atoms with E-state index >= 15 is 0 Å². The van der Waals surface area contributed by atoms with Crippen LogP contribution in [-0.2, 0) is 19.1 Å². The molecule has 36 heavy (non-hydrogen) atoms. The van der Waals surface area contributed by atoms with Crippen molar-refractivity contribution in [1.82, 2.24) is 9.80 Å². The van der Waals surface area contributed by atoms with Gasteiger partial charge in [0.05, 0.1) is 13.2 Å². The number of amides is 2. The summed E-state index contributed by atoms with van der Waals surface area (Å²) >= 11 is 0. The van der Waals surface area contributed by atoms with Crippen molar-refractivity contribution in [2.45, 2.75) is 12.8 Å². The summed E-state index contributed by atoms with van der Waals surface area (Å²) in [4.78, 5) is 50.2. The number of rotatable bonds is 12. The van der Waals surface area contributed by atoms with Crippen molar-refractivity contribution >= 4 is 24.1 Å². The minimum atomic E-state index is -0.704. The Morgan fingerprint density at radius 3 is 1.36 bits per heavy atom. The van der Waals surface area contributed by atoms with E-state index in [9.17, 15) is 19.2 Å². The first-order valence-corrected chi connectivity index (χ1v) is 11.3. The Labute approximate surface area is 210 Å². The maximum atomic E-state index is 12.0. The van der Waals surface area contributed by atoms with Gasteiger partial charge in [0, 0.05) is 39.3 Å². The first-order valence-electron chi connectivity index (χ1n) is 11.3. The van der Waals surface area contributed by atoms with E-state index in [1.54, 1.807) is 62.6 Å². The Kier molecular flexibility index (Phi) is 12.0. The number of esters is 2. The molecule has 0 saturated carbocycles. The van der Waals surface area contributed by atoms with Crippen molar-refractivity contribution in [3.8, 4) is 11.5 Å². The van der Waals surface area contributed by atoms with Gasteiger partial charge in [0.2, 0.25) is 0 Å². The van der Waals surface area contributed by atoms with Gasteiger partial charge >= 0.3 is 24.1 Å². The van der Waals surface area contributed by atoms with Crippen LogP contribution in [0.3, 0.4) is 0 Å². The number of carbonyl (C=O) groups is 4. The van der Waals surface area contributed by atoms with E-state index in [2.05, 4.69) is 0 Å². The van der Waals surface area contributed by atoms with Crippen LogP contribution < -0.4 is 9.47 Å². The van der Waals surface area contributed by atoms with Crippen molar-refractivity contribution in [2.75, 3.05) is 40.4 Å². The molecule has 0 aliphatic rings. The van der Waals surface area contributed by atoms with Crippen molar-refractivity contribution in [3.63, 3.8) is 0 Å². The fourth-order valence-corrected chi connectivity index (χ4v) is 2.70. The molecule has 0 unspecified atom stereocenters. The van der Waals surface area contributed by atoms with Crippen LogP contribution in [0.25, 0.3) is 0 Å². The van der Waals surface area contributed by atoms with E-state index in [1.165, 1.54) is 9.80 Å². The molecule has 0 aliphatic heterocycles. The van der Waals surface area contributed by atoms with Crippen molar-refractivity contribution in [3.05, 3.63) is 72.8 Å². The first kappa shape index (κ1) is 27.9. The predicted octanol–water partition coefficient (Wildman–Crippen LogP) is 3.67. The van der Waals surface area contributed by atoms with Crippen LogP contribution in [0.2, 0.25) is 0 Å². The summed E-state index contributed by atoms with van der Waals surface area (Å²) in [6.45, 7) is 0.759. The topological polar surface area (TPSA) is 112 Å². The molecule has 2 amide bonds. The minimum absolute atomic E-state index is 0.0621. The first-order chi connectivity index (χ1) is 17.3. The summed E-state index contributed by atoms with van der Waals surface area (Å²) in [5.74, 6) is -0.527. The molecule has 0 aliphatic carbocycles. The third-order valence-electron chi connectivity index (χ3n) is 4.64. The molecule has 0 aromatic heterocycles. The van der Waals surface area contributed by atoms with Gasteiger partial charge in [-0.25, -0.2) is 19.2 Å². The van der Waals surface area contributed by atoms with Gasteiger partial charge in [0.1, 0.15) is 11.5 Å². The summed E-state index contributed by atoms with van der Waals surface area (Å²) in [5, 5.41) is 0. The van der Waals surface area contributed by atoms with Gasteiger partial charge < -0.3 is 28.7 Å². The fraction of sp³-hybridized carbons (Fsp3) is 0.308. The number of ether oxygens (including phenoxy) is 4. The van der Waals surface area contributed by atoms with Crippen LogP contribution in [0.1, 0.15) is 12.8 Å². The molecule has 0 fully saturated rings. The lowest BCUT2D eigenvalue weighted by molar-refractivity contribution is -0.140. The molecule has 10 heteroatoms. The summed E-state index contributed by atoms with van der Waals surface area (Å²) in [6, 6.07) is 17.4. The van der Waals surface area contributed by atoms with Gasteiger partial charge in [-0.15, -0.1) is 0 Å². The molecular weight excluding hydrogens is 468 g/mol. The Balaban J connectivity index is 1.53. The zero-order valence-corrected chi connectivity index (χ0v) is 20.3. The summed E-state index contributed by atoms with van der Waals surface area (Å²) < 4.78 is 20.4. The Bertz CT molecular complexity index is 930. The standard InChI is InChI=1S/C26H30N2O8/c1-27(25(31)35-21-11-5-3-6-12-21)17-9-19-33-23(29)15-16-24(30)34-20-10-18-28(2)26(32)36-22-13-7-4-8-14-22/h3-8,11-16H,9-10,17-20H2,1-2H3/b16-15+. The van der Waals surface area contributed by atoms with E-state index in [-0.39, 0.29) is 13.2 Å². The van der Waals surface area contributed by atoms with E-state index in [1.807, 2.05) is 12.1 Å². The smallest absolute Gasteiger partial charge is 0.414 e. The lowest BCUT2D eigenvalue weighted by atomic mass is 10.3. The van der Waals surface area contributed by atoms with E-state index in [4.69, 9.17) is 18.9 Å². The van der Waals surface area contributed by atoms with Gasteiger partial charge in [-0.2, -0.15) is 0 Å². The van der Waals surface area contributed by atoms with Gasteiger partial charge in [0.15, 0.2) is 0 Å². The average Bonchev–Trinajstić information content (AvgIpc) is 2.88. The third kappa shape index (κ3) is 11.2. The molecule has 2 aromatic rings. The van der Waals surface area contributed by atoms with Crippen LogP contribution in [0, 0.1) is 0 Å².